The van der Waals surface area contributed by atoms with Gasteiger partial charge in [0.2, 0.25) is 0 Å². The first-order valence-corrected chi connectivity index (χ1v) is 5.00. The molecule has 0 radical (unpaired) electrons. The van der Waals surface area contributed by atoms with E-state index in [0.29, 0.717) is 10.4 Å². The normalized spacial score (nSPS) is 10.9. The molecule has 0 saturated carbocycles. The molecule has 0 atom stereocenters. The molecule has 2 rings (SSSR count). The van der Waals surface area contributed by atoms with E-state index in [1.165, 1.54) is 22.3 Å². The smallest absolute Gasteiger partial charge is 0.141 e. The van der Waals surface area contributed by atoms with Gasteiger partial charge in [-0.15, -0.1) is 11.3 Å². The minimum Gasteiger partial charge on any atom is -0.398 e. The van der Waals surface area contributed by atoms with Gasteiger partial charge in [0.25, 0.3) is 0 Å². The molecule has 0 amide bonds. The van der Waals surface area contributed by atoms with Gasteiger partial charge in [0, 0.05) is 16.0 Å². The van der Waals surface area contributed by atoms with Gasteiger partial charge in [-0.05, 0) is 24.6 Å². The predicted molar refractivity (Wildman–Crippen MR) is 55.6 cm³/mol. The minimum atomic E-state index is -0.172. The van der Waals surface area contributed by atoms with Crippen molar-refractivity contribution in [3.63, 3.8) is 0 Å². The van der Waals surface area contributed by atoms with E-state index in [-0.39, 0.29) is 5.82 Å². The first-order valence-electron chi connectivity index (χ1n) is 4.18. The van der Waals surface area contributed by atoms with Gasteiger partial charge in [-0.25, -0.2) is 4.39 Å². The monoisotopic (exact) mass is 195 g/mol. The standard InChI is InChI=1S/C10H10FNS/c1-2-6-5-7-9(12)4-3-8(11)10(7)13-6/h3-5H,2,12H2,1H3. The number of halogens is 1. The van der Waals surface area contributed by atoms with Gasteiger partial charge in [-0.3, -0.25) is 0 Å². The quantitative estimate of drug-likeness (QED) is 0.695. The lowest BCUT2D eigenvalue weighted by atomic mass is 10.2. The molecule has 1 aromatic heterocycles. The molecule has 1 aromatic carbocycles. The zero-order valence-corrected chi connectivity index (χ0v) is 8.12. The molecule has 0 spiro atoms. The molecule has 0 aliphatic rings. The Morgan fingerprint density at radius 1 is 1.46 bits per heavy atom. The summed E-state index contributed by atoms with van der Waals surface area (Å²) in [6.45, 7) is 2.05. The average molecular weight is 195 g/mol. The Labute approximate surface area is 80.0 Å². The maximum atomic E-state index is 13.3. The SMILES string of the molecule is CCc1cc2c(N)ccc(F)c2s1. The molecule has 3 heteroatoms. The Bertz CT molecular complexity index is 408. The van der Waals surface area contributed by atoms with E-state index in [0.717, 1.165) is 11.8 Å². The molecule has 0 fully saturated rings. The third-order valence-corrected chi connectivity index (χ3v) is 3.36. The topological polar surface area (TPSA) is 26.0 Å². The molecule has 0 aliphatic heterocycles. The summed E-state index contributed by atoms with van der Waals surface area (Å²) in [5.41, 5.74) is 6.39. The highest BCUT2D eigenvalue weighted by atomic mass is 32.1. The first kappa shape index (κ1) is 8.51. The van der Waals surface area contributed by atoms with Gasteiger partial charge in [0.15, 0.2) is 0 Å². The number of fused-ring (bicyclic) bond motifs is 1. The van der Waals surface area contributed by atoms with Crippen molar-refractivity contribution in [3.05, 3.63) is 28.9 Å². The molecule has 2 N–H and O–H groups in total. The minimum absolute atomic E-state index is 0.172. The second-order valence-corrected chi connectivity index (χ2v) is 4.08. The molecule has 2 aromatic rings. The number of aryl methyl sites for hydroxylation is 1. The van der Waals surface area contributed by atoms with E-state index < -0.39 is 0 Å². The van der Waals surface area contributed by atoms with E-state index >= 15 is 0 Å². The van der Waals surface area contributed by atoms with E-state index in [4.69, 9.17) is 5.73 Å². The lowest BCUT2D eigenvalue weighted by Gasteiger charge is -1.95. The molecule has 0 saturated heterocycles. The van der Waals surface area contributed by atoms with Crippen LogP contribution in [-0.4, -0.2) is 0 Å². The van der Waals surface area contributed by atoms with Crippen LogP contribution in [0.5, 0.6) is 0 Å². The zero-order valence-electron chi connectivity index (χ0n) is 7.30. The van der Waals surface area contributed by atoms with Crippen LogP contribution in [0.2, 0.25) is 0 Å². The number of hydrogen-bond acceptors (Lipinski definition) is 2. The van der Waals surface area contributed by atoms with Crippen LogP contribution in [0.3, 0.4) is 0 Å². The molecular weight excluding hydrogens is 185 g/mol. The van der Waals surface area contributed by atoms with Crippen LogP contribution in [0.25, 0.3) is 10.1 Å². The Hall–Kier alpha value is -1.09. The predicted octanol–water partition coefficient (Wildman–Crippen LogP) is 3.19. The van der Waals surface area contributed by atoms with Crippen molar-refractivity contribution < 1.29 is 4.39 Å². The summed E-state index contributed by atoms with van der Waals surface area (Å²) in [6.07, 6.45) is 0.929. The van der Waals surface area contributed by atoms with Gasteiger partial charge in [0.05, 0.1) is 4.70 Å². The number of benzene rings is 1. The van der Waals surface area contributed by atoms with Crippen LogP contribution in [0.15, 0.2) is 18.2 Å². The Balaban J connectivity index is 2.80. The molecule has 1 heterocycles. The van der Waals surface area contributed by atoms with Crippen LogP contribution in [0.4, 0.5) is 10.1 Å². The van der Waals surface area contributed by atoms with E-state index in [1.807, 2.05) is 6.07 Å². The molecule has 0 aliphatic carbocycles. The van der Waals surface area contributed by atoms with Gasteiger partial charge in [0.1, 0.15) is 5.82 Å². The summed E-state index contributed by atoms with van der Waals surface area (Å²) in [4.78, 5) is 1.17. The summed E-state index contributed by atoms with van der Waals surface area (Å²) >= 11 is 1.48. The third kappa shape index (κ3) is 1.29. The van der Waals surface area contributed by atoms with Crippen molar-refractivity contribution in [3.8, 4) is 0 Å². The Morgan fingerprint density at radius 2 is 2.23 bits per heavy atom. The summed E-state index contributed by atoms with van der Waals surface area (Å²) in [6, 6.07) is 5.01. The van der Waals surface area contributed by atoms with Crippen molar-refractivity contribution in [2.24, 2.45) is 0 Å². The maximum absolute atomic E-state index is 13.3. The molecule has 68 valence electrons. The number of hydrogen-bond donors (Lipinski definition) is 1. The van der Waals surface area contributed by atoms with Crippen molar-refractivity contribution in [1.82, 2.24) is 0 Å². The fourth-order valence-corrected chi connectivity index (χ4v) is 2.37. The zero-order chi connectivity index (χ0) is 9.42. The highest BCUT2D eigenvalue weighted by Crippen LogP contribution is 2.32. The maximum Gasteiger partial charge on any atom is 0.141 e. The fraction of sp³-hybridized carbons (Fsp3) is 0.200. The summed E-state index contributed by atoms with van der Waals surface area (Å²) in [5, 5.41) is 0.849. The van der Waals surface area contributed by atoms with Gasteiger partial charge < -0.3 is 5.73 Å². The molecule has 13 heavy (non-hydrogen) atoms. The second-order valence-electron chi connectivity index (χ2n) is 2.95. The van der Waals surface area contributed by atoms with Gasteiger partial charge in [-0.2, -0.15) is 0 Å². The lowest BCUT2D eigenvalue weighted by molar-refractivity contribution is 0.642. The van der Waals surface area contributed by atoms with Crippen LogP contribution in [0.1, 0.15) is 11.8 Å². The van der Waals surface area contributed by atoms with E-state index in [1.54, 1.807) is 6.07 Å². The molecule has 0 unspecified atom stereocenters. The average Bonchev–Trinajstić information content (AvgIpc) is 2.56. The fourth-order valence-electron chi connectivity index (χ4n) is 1.34. The van der Waals surface area contributed by atoms with Crippen molar-refractivity contribution in [2.75, 3.05) is 5.73 Å². The van der Waals surface area contributed by atoms with Crippen molar-refractivity contribution in [2.45, 2.75) is 13.3 Å². The van der Waals surface area contributed by atoms with Crippen LogP contribution in [-0.2, 0) is 6.42 Å². The number of rotatable bonds is 1. The third-order valence-electron chi connectivity index (χ3n) is 2.07. The first-order chi connectivity index (χ1) is 6.22. The number of nitrogen functional groups attached to an aromatic ring is 1. The highest BCUT2D eigenvalue weighted by Gasteiger charge is 2.07. The molecule has 0 bridgehead atoms. The number of thiophene rings is 1. The van der Waals surface area contributed by atoms with Crippen molar-refractivity contribution >= 4 is 27.1 Å². The highest BCUT2D eigenvalue weighted by molar-refractivity contribution is 7.19. The van der Waals surface area contributed by atoms with Crippen LogP contribution < -0.4 is 5.73 Å². The lowest BCUT2D eigenvalue weighted by Crippen LogP contribution is -1.85. The molecular formula is C10H10FNS. The second kappa shape index (κ2) is 3.00. The molecule has 1 nitrogen and oxygen atoms in total. The van der Waals surface area contributed by atoms with Crippen LogP contribution >= 0.6 is 11.3 Å². The number of nitrogens with two attached hydrogens (primary N) is 1. The summed E-state index contributed by atoms with van der Waals surface area (Å²) in [7, 11) is 0. The summed E-state index contributed by atoms with van der Waals surface area (Å²) in [5.74, 6) is -0.172. The number of anilines is 1. The van der Waals surface area contributed by atoms with E-state index in [9.17, 15) is 4.39 Å². The van der Waals surface area contributed by atoms with E-state index in [2.05, 4.69) is 6.92 Å². The Morgan fingerprint density at radius 3 is 2.85 bits per heavy atom. The summed E-state index contributed by atoms with van der Waals surface area (Å²) < 4.78 is 13.9. The van der Waals surface area contributed by atoms with Gasteiger partial charge in [-0.1, -0.05) is 6.92 Å². The Kier molecular flexibility index (Phi) is 1.96. The van der Waals surface area contributed by atoms with Crippen LogP contribution in [0, 0.1) is 5.82 Å². The van der Waals surface area contributed by atoms with Gasteiger partial charge >= 0.3 is 0 Å². The largest absolute Gasteiger partial charge is 0.398 e. The van der Waals surface area contributed by atoms with Crippen molar-refractivity contribution in [1.29, 1.82) is 0 Å².